The monoisotopic (exact) mass is 403 g/mol. The van der Waals surface area contributed by atoms with Gasteiger partial charge in [-0.2, -0.15) is 0 Å². The Bertz CT molecular complexity index is 1100. The molecule has 0 amide bonds. The molecule has 0 aliphatic carbocycles. The van der Waals surface area contributed by atoms with Crippen LogP contribution in [0, 0.1) is 0 Å². The summed E-state index contributed by atoms with van der Waals surface area (Å²) in [7, 11) is -7.42. The second-order valence-corrected chi connectivity index (χ2v) is 9.10. The molecular formula is C18H17N3O4S2. The number of nitrogens with zero attached hydrogens (tertiary/aromatic N) is 1. The van der Waals surface area contributed by atoms with E-state index in [-0.39, 0.29) is 22.2 Å². The second-order valence-electron chi connectivity index (χ2n) is 5.69. The van der Waals surface area contributed by atoms with Crippen molar-refractivity contribution in [2.45, 2.75) is 10.6 Å². The number of nitrogens with one attached hydrogen (secondary N) is 2. The first kappa shape index (κ1) is 18.9. The molecule has 140 valence electrons. The van der Waals surface area contributed by atoms with Crippen molar-refractivity contribution in [1.29, 1.82) is 0 Å². The fourth-order valence-corrected chi connectivity index (χ4v) is 4.54. The van der Waals surface area contributed by atoms with Crippen LogP contribution in [0.4, 0.5) is 11.5 Å². The van der Waals surface area contributed by atoms with Crippen LogP contribution in [0.15, 0.2) is 83.9 Å². The molecule has 0 radical (unpaired) electrons. The molecule has 0 fully saturated rings. The lowest BCUT2D eigenvalue weighted by atomic mass is 10.2. The highest BCUT2D eigenvalue weighted by atomic mass is 32.2. The highest BCUT2D eigenvalue weighted by molar-refractivity contribution is 7.92. The minimum Gasteiger partial charge on any atom is -0.283 e. The molecule has 0 atom stereocenters. The van der Waals surface area contributed by atoms with E-state index in [1.54, 1.807) is 36.4 Å². The summed E-state index contributed by atoms with van der Waals surface area (Å²) in [6.07, 6.45) is 1.47. The zero-order valence-electron chi connectivity index (χ0n) is 14.1. The van der Waals surface area contributed by atoms with Crippen LogP contribution in [-0.2, 0) is 25.8 Å². The average Bonchev–Trinajstić information content (AvgIpc) is 2.63. The summed E-state index contributed by atoms with van der Waals surface area (Å²) in [4.78, 5) is 3.91. The molecule has 7 nitrogen and oxygen atoms in total. The summed E-state index contributed by atoms with van der Waals surface area (Å²) in [6.45, 7) is 0. The third-order valence-corrected chi connectivity index (χ3v) is 6.17. The summed E-state index contributed by atoms with van der Waals surface area (Å²) >= 11 is 0. The van der Waals surface area contributed by atoms with Gasteiger partial charge >= 0.3 is 0 Å². The molecule has 1 heterocycles. The van der Waals surface area contributed by atoms with Gasteiger partial charge in [-0.25, -0.2) is 21.8 Å². The number of benzene rings is 2. The molecule has 0 saturated carbocycles. The first-order valence-electron chi connectivity index (χ1n) is 7.92. The molecule has 1 aromatic heterocycles. The number of hydrogen-bond acceptors (Lipinski definition) is 5. The second kappa shape index (κ2) is 7.77. The molecule has 0 aliphatic heterocycles. The van der Waals surface area contributed by atoms with Crippen LogP contribution in [0.1, 0.15) is 5.56 Å². The van der Waals surface area contributed by atoms with Crippen LogP contribution in [0.2, 0.25) is 0 Å². The summed E-state index contributed by atoms with van der Waals surface area (Å²) in [6, 6.07) is 19.1. The number of pyridine rings is 1. The van der Waals surface area contributed by atoms with Crippen molar-refractivity contribution in [3.8, 4) is 0 Å². The molecule has 0 saturated heterocycles. The summed E-state index contributed by atoms with van der Waals surface area (Å²) in [5, 5.41) is 0. The van der Waals surface area contributed by atoms with E-state index in [0.29, 0.717) is 5.56 Å². The van der Waals surface area contributed by atoms with Gasteiger partial charge in [0.05, 0.1) is 10.6 Å². The van der Waals surface area contributed by atoms with Crippen molar-refractivity contribution in [1.82, 2.24) is 4.98 Å². The van der Waals surface area contributed by atoms with E-state index < -0.39 is 20.0 Å². The maximum Gasteiger partial charge on any atom is 0.263 e. The average molecular weight is 403 g/mol. The third kappa shape index (κ3) is 5.28. The van der Waals surface area contributed by atoms with Gasteiger partial charge in [-0.15, -0.1) is 0 Å². The molecule has 0 bridgehead atoms. The molecule has 2 N–H and O–H groups in total. The molecular weight excluding hydrogens is 386 g/mol. The van der Waals surface area contributed by atoms with Gasteiger partial charge < -0.3 is 0 Å². The predicted molar refractivity (Wildman–Crippen MR) is 104 cm³/mol. The molecule has 3 rings (SSSR count). The van der Waals surface area contributed by atoms with E-state index in [2.05, 4.69) is 14.4 Å². The van der Waals surface area contributed by atoms with Crippen LogP contribution in [0.25, 0.3) is 0 Å². The minimum absolute atomic E-state index is 0.000777. The first-order chi connectivity index (χ1) is 12.8. The van der Waals surface area contributed by atoms with Crippen LogP contribution in [0.5, 0.6) is 0 Å². The number of anilines is 2. The summed E-state index contributed by atoms with van der Waals surface area (Å²) in [5.74, 6) is 0.0277. The molecule has 0 spiro atoms. The van der Waals surface area contributed by atoms with Gasteiger partial charge in [0.15, 0.2) is 0 Å². The fourth-order valence-electron chi connectivity index (χ4n) is 2.33. The van der Waals surface area contributed by atoms with Crippen LogP contribution < -0.4 is 9.44 Å². The quantitative estimate of drug-likeness (QED) is 0.631. The molecule has 2 aromatic carbocycles. The standard InChI is InChI=1S/C18H17N3O4S2/c22-26(23,14-15-6-2-1-3-7-15)20-16-9-11-17(12-10-16)27(24,25)21-18-8-4-5-13-19-18/h1-13,20H,14H2,(H,19,21). The lowest BCUT2D eigenvalue weighted by molar-refractivity contribution is 0.599. The maximum absolute atomic E-state index is 12.3. The van der Waals surface area contributed by atoms with Gasteiger partial charge in [-0.1, -0.05) is 36.4 Å². The number of sulfonamides is 2. The number of hydrogen-bond donors (Lipinski definition) is 2. The summed E-state index contributed by atoms with van der Waals surface area (Å²) in [5.41, 5.74) is 0.937. The lowest BCUT2D eigenvalue weighted by Crippen LogP contribution is -2.16. The topological polar surface area (TPSA) is 105 Å². The maximum atomic E-state index is 12.3. The van der Waals surface area contributed by atoms with Gasteiger partial charge in [0.1, 0.15) is 5.82 Å². The van der Waals surface area contributed by atoms with E-state index in [1.807, 2.05) is 6.07 Å². The van der Waals surface area contributed by atoms with Crippen molar-refractivity contribution in [3.63, 3.8) is 0 Å². The SMILES string of the molecule is O=S(=O)(Cc1ccccc1)Nc1ccc(S(=O)(=O)Nc2ccccn2)cc1. The van der Waals surface area contributed by atoms with E-state index in [9.17, 15) is 16.8 Å². The van der Waals surface area contributed by atoms with Crippen molar-refractivity contribution >= 4 is 31.6 Å². The minimum atomic E-state index is -3.81. The Kier molecular flexibility index (Phi) is 5.43. The Morgan fingerprint density at radius 2 is 1.41 bits per heavy atom. The van der Waals surface area contributed by atoms with Gasteiger partial charge in [0.25, 0.3) is 10.0 Å². The highest BCUT2D eigenvalue weighted by Crippen LogP contribution is 2.18. The van der Waals surface area contributed by atoms with Crippen molar-refractivity contribution in [2.75, 3.05) is 9.44 Å². The number of aromatic nitrogens is 1. The Morgan fingerprint density at radius 1 is 0.741 bits per heavy atom. The van der Waals surface area contributed by atoms with Crippen molar-refractivity contribution in [3.05, 3.63) is 84.6 Å². The van der Waals surface area contributed by atoms with E-state index in [1.165, 1.54) is 36.5 Å². The third-order valence-electron chi connectivity index (χ3n) is 3.54. The van der Waals surface area contributed by atoms with Crippen molar-refractivity contribution < 1.29 is 16.8 Å². The number of rotatable bonds is 7. The largest absolute Gasteiger partial charge is 0.283 e. The predicted octanol–water partition coefficient (Wildman–Crippen LogP) is 2.82. The first-order valence-corrected chi connectivity index (χ1v) is 11.1. The Balaban J connectivity index is 1.71. The van der Waals surface area contributed by atoms with E-state index >= 15 is 0 Å². The molecule has 0 unspecified atom stereocenters. The zero-order valence-corrected chi connectivity index (χ0v) is 15.7. The smallest absolute Gasteiger partial charge is 0.263 e. The molecule has 3 aromatic rings. The fraction of sp³-hybridized carbons (Fsp3) is 0.0556. The normalized spacial score (nSPS) is 11.7. The zero-order chi connectivity index (χ0) is 19.3. The Hall–Kier alpha value is -2.91. The molecule has 27 heavy (non-hydrogen) atoms. The lowest BCUT2D eigenvalue weighted by Gasteiger charge is -2.10. The summed E-state index contributed by atoms with van der Waals surface area (Å²) < 4.78 is 54.0. The van der Waals surface area contributed by atoms with Gasteiger partial charge in [-0.3, -0.25) is 9.44 Å². The van der Waals surface area contributed by atoms with Gasteiger partial charge in [-0.05, 0) is 42.0 Å². The van der Waals surface area contributed by atoms with Gasteiger partial charge in [0, 0.05) is 11.9 Å². The van der Waals surface area contributed by atoms with E-state index in [4.69, 9.17) is 0 Å². The van der Waals surface area contributed by atoms with Gasteiger partial charge in [0.2, 0.25) is 10.0 Å². The van der Waals surface area contributed by atoms with Crippen molar-refractivity contribution in [2.24, 2.45) is 0 Å². The highest BCUT2D eigenvalue weighted by Gasteiger charge is 2.16. The Labute approximate surface area is 158 Å². The van der Waals surface area contributed by atoms with Crippen LogP contribution in [0.3, 0.4) is 0 Å². The van der Waals surface area contributed by atoms with Crippen LogP contribution >= 0.6 is 0 Å². The van der Waals surface area contributed by atoms with E-state index in [0.717, 1.165) is 0 Å². The molecule has 0 aliphatic rings. The van der Waals surface area contributed by atoms with Crippen LogP contribution in [-0.4, -0.2) is 21.8 Å². The molecule has 9 heteroatoms. The Morgan fingerprint density at radius 3 is 2.04 bits per heavy atom.